The van der Waals surface area contributed by atoms with Gasteiger partial charge in [-0.1, -0.05) is 0 Å². The van der Waals surface area contributed by atoms with Gasteiger partial charge in [0.05, 0.1) is 23.1 Å². The van der Waals surface area contributed by atoms with Crippen LogP contribution in [0.1, 0.15) is 46.7 Å². The number of rotatable bonds is 7. The number of aliphatic hydroxyl groups excluding tert-OH is 3. The Morgan fingerprint density at radius 2 is 1.43 bits per heavy atom. The molecule has 0 saturated carbocycles. The quantitative estimate of drug-likeness (QED) is 0.189. The molecule has 2 aromatic carbocycles. The van der Waals surface area contributed by atoms with Crippen LogP contribution in [0.2, 0.25) is 0 Å². The van der Waals surface area contributed by atoms with Crippen molar-refractivity contribution in [3.05, 3.63) is 64.2 Å². The molecule has 0 radical (unpaired) electrons. The number of hydrogen-bond acceptors (Lipinski definition) is 9. The minimum atomic E-state index is -5.14. The summed E-state index contributed by atoms with van der Waals surface area (Å²) in [6.07, 6.45) is -26.3. The third-order valence-electron chi connectivity index (χ3n) is 7.31. The summed E-state index contributed by atoms with van der Waals surface area (Å²) in [5, 5.41) is 44.4. The molecule has 0 aromatic heterocycles. The number of carboxylic acid groups (broad SMARTS) is 1. The Bertz CT molecular complexity index is 1420. The van der Waals surface area contributed by atoms with Crippen molar-refractivity contribution < 1.29 is 79.0 Å². The number of aliphatic carboxylic acids is 1. The molecule has 5 unspecified atom stereocenters. The summed E-state index contributed by atoms with van der Waals surface area (Å²) in [4.78, 5) is 24.0. The van der Waals surface area contributed by atoms with E-state index in [0.29, 0.717) is 18.2 Å². The van der Waals surface area contributed by atoms with Gasteiger partial charge in [0.1, 0.15) is 18.3 Å². The summed E-state index contributed by atoms with van der Waals surface area (Å²) >= 11 is 0. The summed E-state index contributed by atoms with van der Waals surface area (Å²) in [6.45, 7) is -0.663. The van der Waals surface area contributed by atoms with Crippen LogP contribution in [0.5, 0.6) is 0 Å². The third kappa shape index (κ3) is 8.00. The molecular weight excluding hydrogens is 651 g/mol. The van der Waals surface area contributed by atoms with Crippen molar-refractivity contribution >= 4 is 17.6 Å². The minimum Gasteiger partial charge on any atom is -0.479 e. The van der Waals surface area contributed by atoms with Gasteiger partial charge in [0, 0.05) is 24.3 Å². The summed E-state index contributed by atoms with van der Waals surface area (Å²) < 4.78 is 130. The highest BCUT2D eigenvalue weighted by molar-refractivity contribution is 5.74. The van der Waals surface area contributed by atoms with Crippen LogP contribution in [-0.2, 0) is 44.1 Å². The first-order valence-electron chi connectivity index (χ1n) is 13.3. The maximum atomic E-state index is 13.5. The number of halogens is 9. The van der Waals surface area contributed by atoms with Crippen LogP contribution in [0, 0.1) is 0 Å². The van der Waals surface area contributed by atoms with E-state index in [2.05, 4.69) is 10.6 Å². The molecule has 2 aromatic rings. The van der Waals surface area contributed by atoms with Crippen LogP contribution in [0.4, 0.5) is 45.2 Å². The maximum absolute atomic E-state index is 13.5. The largest absolute Gasteiger partial charge is 0.479 e. The Labute approximate surface area is 252 Å². The first-order chi connectivity index (χ1) is 21.1. The highest BCUT2D eigenvalue weighted by Crippen LogP contribution is 2.40. The van der Waals surface area contributed by atoms with E-state index in [4.69, 9.17) is 14.6 Å². The number of esters is 1. The monoisotopic (exact) mass is 676 g/mol. The molecule has 254 valence electrons. The fourth-order valence-electron chi connectivity index (χ4n) is 5.07. The van der Waals surface area contributed by atoms with Crippen LogP contribution >= 0.6 is 0 Å². The van der Waals surface area contributed by atoms with Crippen molar-refractivity contribution in [2.75, 3.05) is 5.32 Å². The number of anilines is 1. The van der Waals surface area contributed by atoms with Gasteiger partial charge in [-0.3, -0.25) is 4.79 Å². The number of ether oxygens (including phenoxy) is 2. The Balaban J connectivity index is 1.56. The molecule has 2 aliphatic heterocycles. The number of alkyl halides is 9. The normalized spacial score (nSPS) is 27.0. The molecule has 2 heterocycles. The number of hydrogen-bond donors (Lipinski definition) is 6. The highest BCUT2D eigenvalue weighted by atomic mass is 19.4. The number of carboxylic acids is 1. The molecule has 0 aliphatic carbocycles. The molecule has 10 nitrogen and oxygen atoms in total. The number of nitrogens with one attached hydrogen (secondary N) is 2. The second kappa shape index (κ2) is 12.9. The fraction of sp³-hybridized carbons (Fsp3) is 0.481. The van der Waals surface area contributed by atoms with Crippen LogP contribution in [0.25, 0.3) is 0 Å². The highest BCUT2D eigenvalue weighted by Gasteiger charge is 2.49. The van der Waals surface area contributed by atoms with E-state index in [1.165, 1.54) is 0 Å². The first kappa shape index (κ1) is 35.2. The molecule has 7 atom stereocenters. The lowest BCUT2D eigenvalue weighted by atomic mass is 9.90. The number of carbonyl (C=O) groups excluding carboxylic acids is 1. The van der Waals surface area contributed by atoms with Gasteiger partial charge in [-0.05, 0) is 53.9 Å². The van der Waals surface area contributed by atoms with Crippen molar-refractivity contribution in [2.45, 2.75) is 80.7 Å². The Morgan fingerprint density at radius 3 is 1.98 bits per heavy atom. The van der Waals surface area contributed by atoms with Crippen molar-refractivity contribution in [3.63, 3.8) is 0 Å². The zero-order valence-corrected chi connectivity index (χ0v) is 23.0. The van der Waals surface area contributed by atoms with Gasteiger partial charge in [-0.15, -0.1) is 0 Å². The Kier molecular flexibility index (Phi) is 9.84. The van der Waals surface area contributed by atoms with Crippen molar-refractivity contribution in [2.24, 2.45) is 0 Å². The topological polar surface area (TPSA) is 158 Å². The lowest BCUT2D eigenvalue weighted by Crippen LogP contribution is -2.60. The van der Waals surface area contributed by atoms with Crippen LogP contribution in [0.15, 0.2) is 36.4 Å². The van der Waals surface area contributed by atoms with E-state index >= 15 is 0 Å². The Hall–Kier alpha value is -3.65. The average Bonchev–Trinajstić information content (AvgIpc) is 2.94. The molecule has 4 rings (SSSR count). The molecule has 1 fully saturated rings. The predicted molar refractivity (Wildman–Crippen MR) is 135 cm³/mol. The van der Waals surface area contributed by atoms with Gasteiger partial charge in [-0.2, -0.15) is 39.5 Å². The van der Waals surface area contributed by atoms with Crippen molar-refractivity contribution in [1.82, 2.24) is 5.32 Å². The average molecular weight is 676 g/mol. The van der Waals surface area contributed by atoms with E-state index in [9.17, 15) is 64.4 Å². The summed E-state index contributed by atoms with van der Waals surface area (Å²) in [5.74, 6) is -2.92. The molecule has 0 bridgehead atoms. The van der Waals surface area contributed by atoms with Gasteiger partial charge < -0.3 is 40.5 Å². The SMILES string of the molecule is O=C(C[C@@H]1C[C@H](NCc2cc(C(F)(F)F)cc(C(F)(F)F)c2)c2cc(C(F)(F)F)ccc2N1)OC1OC(C(=O)O)C(O)C(O)C1O. The first-order valence-corrected chi connectivity index (χ1v) is 13.3. The summed E-state index contributed by atoms with van der Waals surface area (Å²) in [5.41, 5.74) is -4.81. The molecule has 46 heavy (non-hydrogen) atoms. The van der Waals surface area contributed by atoms with E-state index < -0.39 is 108 Å². The van der Waals surface area contributed by atoms with Gasteiger partial charge in [0.25, 0.3) is 0 Å². The fourth-order valence-corrected chi connectivity index (χ4v) is 5.07. The molecule has 6 N–H and O–H groups in total. The van der Waals surface area contributed by atoms with E-state index in [-0.39, 0.29) is 23.7 Å². The number of benzene rings is 2. The number of carbonyl (C=O) groups is 2. The maximum Gasteiger partial charge on any atom is 0.416 e. The zero-order valence-electron chi connectivity index (χ0n) is 23.0. The zero-order chi connectivity index (χ0) is 34.4. The second-order valence-corrected chi connectivity index (χ2v) is 10.7. The van der Waals surface area contributed by atoms with Crippen molar-refractivity contribution in [1.29, 1.82) is 0 Å². The molecule has 19 heteroatoms. The van der Waals surface area contributed by atoms with Gasteiger partial charge >= 0.3 is 30.5 Å². The van der Waals surface area contributed by atoms with E-state index in [0.717, 1.165) is 12.1 Å². The summed E-state index contributed by atoms with van der Waals surface area (Å²) in [6, 6.07) is 1.13. The number of aliphatic hydroxyl groups is 3. The van der Waals surface area contributed by atoms with Gasteiger partial charge in [-0.25, -0.2) is 4.79 Å². The molecule has 0 amide bonds. The van der Waals surface area contributed by atoms with E-state index in [1.54, 1.807) is 0 Å². The third-order valence-corrected chi connectivity index (χ3v) is 7.31. The van der Waals surface area contributed by atoms with Crippen LogP contribution in [0.3, 0.4) is 0 Å². The summed E-state index contributed by atoms with van der Waals surface area (Å²) in [7, 11) is 0. The smallest absolute Gasteiger partial charge is 0.416 e. The lowest BCUT2D eigenvalue weighted by Gasteiger charge is -2.38. The van der Waals surface area contributed by atoms with Crippen LogP contribution < -0.4 is 10.6 Å². The molecule has 0 spiro atoms. The standard InChI is InChI=1S/C27H25F9N2O8/c28-25(29,30)11-1-2-16-15(6-11)17(37-9-10-3-12(26(31,32)33)5-13(4-10)27(34,35)36)7-14(38-16)8-18(39)45-24-21(42)19(40)20(41)22(46-24)23(43)44/h1-6,14,17,19-22,24,37-38,40-42H,7-9H2,(H,43,44)/t14-,17-,19?,20?,21?,22?,24?/m0/s1. The number of fused-ring (bicyclic) bond motifs is 1. The van der Waals surface area contributed by atoms with Crippen LogP contribution in [-0.4, -0.2) is 69.1 Å². The van der Waals surface area contributed by atoms with Gasteiger partial charge in [0.2, 0.25) is 6.29 Å². The molecule has 2 aliphatic rings. The van der Waals surface area contributed by atoms with Gasteiger partial charge in [0.15, 0.2) is 6.10 Å². The Morgan fingerprint density at radius 1 is 0.848 bits per heavy atom. The molecule has 1 saturated heterocycles. The predicted octanol–water partition coefficient (Wildman–Crippen LogP) is 3.58. The second-order valence-electron chi connectivity index (χ2n) is 10.7. The lowest BCUT2D eigenvalue weighted by molar-refractivity contribution is -0.286. The van der Waals surface area contributed by atoms with E-state index in [1.807, 2.05) is 0 Å². The molecular formula is C27H25F9N2O8. The minimum absolute atomic E-state index is 0.0352. The van der Waals surface area contributed by atoms with Crippen molar-refractivity contribution in [3.8, 4) is 0 Å².